The van der Waals surface area contributed by atoms with Crippen LogP contribution in [0.4, 0.5) is 4.79 Å². The molecule has 0 aliphatic heterocycles. The monoisotopic (exact) mass is 187 g/mol. The number of carbonyl (C=O) groups is 1. The molecule has 4 heteroatoms. The predicted molar refractivity (Wildman–Crippen MR) is 54.0 cm³/mol. The molecule has 0 saturated carbocycles. The summed E-state index contributed by atoms with van der Waals surface area (Å²) < 4.78 is 0. The van der Waals surface area contributed by atoms with E-state index in [9.17, 15) is 4.79 Å². The summed E-state index contributed by atoms with van der Waals surface area (Å²) in [5.41, 5.74) is 2.23. The number of hydrazine groups is 1. The van der Waals surface area contributed by atoms with E-state index in [0.717, 1.165) is 0 Å². The van der Waals surface area contributed by atoms with Crippen LogP contribution in [0.3, 0.4) is 0 Å². The number of rotatable bonds is 2. The van der Waals surface area contributed by atoms with E-state index in [0.29, 0.717) is 6.54 Å². The fourth-order valence-corrected chi connectivity index (χ4v) is 0.617. The number of nitrogens with two attached hydrogens (primary N) is 1. The minimum absolute atomic E-state index is 0.0412. The first-order valence-corrected chi connectivity index (χ1v) is 4.45. The number of hydrogen-bond donors (Lipinski definition) is 3. The van der Waals surface area contributed by atoms with E-state index < -0.39 is 0 Å². The maximum absolute atomic E-state index is 10.8. The molecule has 0 aliphatic carbocycles. The van der Waals surface area contributed by atoms with Crippen LogP contribution in [0.25, 0.3) is 0 Å². The highest BCUT2D eigenvalue weighted by Gasteiger charge is 2.32. The van der Waals surface area contributed by atoms with Crippen molar-refractivity contribution in [2.45, 2.75) is 34.6 Å². The summed E-state index contributed by atoms with van der Waals surface area (Å²) in [6, 6.07) is -0.336. The van der Waals surface area contributed by atoms with Crippen molar-refractivity contribution in [3.8, 4) is 0 Å². The molecule has 4 N–H and O–H groups in total. The van der Waals surface area contributed by atoms with Gasteiger partial charge in [0.1, 0.15) is 0 Å². The molecule has 0 spiro atoms. The quantitative estimate of drug-likeness (QED) is 0.346. The number of carbonyl (C=O) groups excluding carboxylic acids is 1. The molecule has 0 aromatic carbocycles. The molecule has 0 saturated heterocycles. The van der Waals surface area contributed by atoms with Gasteiger partial charge in [-0.05, 0) is 10.8 Å². The molecule has 78 valence electrons. The average Bonchev–Trinajstić information content (AvgIpc) is 1.98. The molecule has 0 aromatic rings. The molecule has 13 heavy (non-hydrogen) atoms. The fraction of sp³-hybridized carbons (Fsp3) is 0.889. The second-order valence-corrected chi connectivity index (χ2v) is 4.96. The fourth-order valence-electron chi connectivity index (χ4n) is 0.617. The standard InChI is InChI=1S/C9H21N3O/c1-8(2,3)9(4,5)6-11-7(13)12-10/h6,10H2,1-5H3,(H2,11,12,13). The van der Waals surface area contributed by atoms with Gasteiger partial charge in [0, 0.05) is 6.54 Å². The van der Waals surface area contributed by atoms with Gasteiger partial charge in [0.05, 0.1) is 0 Å². The van der Waals surface area contributed by atoms with Crippen LogP contribution in [0.15, 0.2) is 0 Å². The van der Waals surface area contributed by atoms with Gasteiger partial charge in [-0.25, -0.2) is 10.6 Å². The Morgan fingerprint density at radius 1 is 1.23 bits per heavy atom. The Hall–Kier alpha value is -0.770. The Balaban J connectivity index is 4.12. The third kappa shape index (κ3) is 3.63. The summed E-state index contributed by atoms with van der Waals surface area (Å²) in [6.45, 7) is 11.3. The van der Waals surface area contributed by atoms with E-state index in [1.807, 2.05) is 5.43 Å². The summed E-state index contributed by atoms with van der Waals surface area (Å²) >= 11 is 0. The van der Waals surface area contributed by atoms with E-state index >= 15 is 0 Å². The molecule has 0 radical (unpaired) electrons. The summed E-state index contributed by atoms with van der Waals surface area (Å²) in [6.07, 6.45) is 0. The minimum Gasteiger partial charge on any atom is -0.337 e. The highest BCUT2D eigenvalue weighted by molar-refractivity contribution is 5.73. The zero-order chi connectivity index (χ0) is 10.7. The van der Waals surface area contributed by atoms with Crippen molar-refractivity contribution >= 4 is 6.03 Å². The molecule has 2 amide bonds. The van der Waals surface area contributed by atoms with E-state index in [2.05, 4.69) is 39.9 Å². The Kier molecular flexibility index (Phi) is 3.72. The first-order chi connectivity index (χ1) is 5.70. The van der Waals surface area contributed by atoms with Gasteiger partial charge in [-0.2, -0.15) is 0 Å². The largest absolute Gasteiger partial charge is 0.337 e. The topological polar surface area (TPSA) is 67.2 Å². The normalized spacial score (nSPS) is 12.5. The molecule has 0 fully saturated rings. The van der Waals surface area contributed by atoms with Gasteiger partial charge in [-0.15, -0.1) is 0 Å². The van der Waals surface area contributed by atoms with Crippen molar-refractivity contribution in [1.29, 1.82) is 0 Å². The molecule has 0 rings (SSSR count). The average molecular weight is 187 g/mol. The molecular formula is C9H21N3O. The van der Waals surface area contributed by atoms with Crippen molar-refractivity contribution in [1.82, 2.24) is 10.7 Å². The molecule has 0 heterocycles. The minimum atomic E-state index is -0.336. The van der Waals surface area contributed by atoms with Crippen LogP contribution in [0.2, 0.25) is 0 Å². The molecule has 0 unspecified atom stereocenters. The third-order valence-electron chi connectivity index (χ3n) is 2.85. The van der Waals surface area contributed by atoms with Gasteiger partial charge < -0.3 is 5.32 Å². The lowest BCUT2D eigenvalue weighted by atomic mass is 9.69. The highest BCUT2D eigenvalue weighted by Crippen LogP contribution is 2.36. The lowest BCUT2D eigenvalue weighted by molar-refractivity contribution is 0.131. The summed E-state index contributed by atoms with van der Waals surface area (Å²) in [5, 5.41) is 2.70. The smallest absolute Gasteiger partial charge is 0.328 e. The van der Waals surface area contributed by atoms with Gasteiger partial charge in [0.2, 0.25) is 0 Å². The Morgan fingerprint density at radius 2 is 1.69 bits per heavy atom. The van der Waals surface area contributed by atoms with Crippen LogP contribution < -0.4 is 16.6 Å². The molecule has 0 atom stereocenters. The maximum atomic E-state index is 10.8. The molecule has 0 aromatic heterocycles. The maximum Gasteiger partial charge on any atom is 0.328 e. The van der Waals surface area contributed by atoms with Crippen molar-refractivity contribution < 1.29 is 4.79 Å². The zero-order valence-corrected chi connectivity index (χ0v) is 9.19. The second-order valence-electron chi connectivity index (χ2n) is 4.96. The van der Waals surface area contributed by atoms with E-state index in [4.69, 9.17) is 5.84 Å². The Labute approximate surface area is 80.2 Å². The van der Waals surface area contributed by atoms with Crippen LogP contribution in [-0.4, -0.2) is 12.6 Å². The Bertz CT molecular complexity index is 182. The van der Waals surface area contributed by atoms with Crippen LogP contribution >= 0.6 is 0 Å². The van der Waals surface area contributed by atoms with Gasteiger partial charge in [0.25, 0.3) is 0 Å². The second kappa shape index (κ2) is 3.96. The van der Waals surface area contributed by atoms with Gasteiger partial charge in [-0.1, -0.05) is 34.6 Å². The van der Waals surface area contributed by atoms with Crippen molar-refractivity contribution in [2.24, 2.45) is 16.7 Å². The van der Waals surface area contributed by atoms with Crippen LogP contribution in [0.5, 0.6) is 0 Å². The molecule has 4 nitrogen and oxygen atoms in total. The van der Waals surface area contributed by atoms with E-state index in [-0.39, 0.29) is 16.9 Å². The summed E-state index contributed by atoms with van der Waals surface area (Å²) in [4.78, 5) is 10.8. The first kappa shape index (κ1) is 12.2. The van der Waals surface area contributed by atoms with E-state index in [1.54, 1.807) is 0 Å². The third-order valence-corrected chi connectivity index (χ3v) is 2.85. The summed E-state index contributed by atoms with van der Waals surface area (Å²) in [5.74, 6) is 4.95. The highest BCUT2D eigenvalue weighted by atomic mass is 16.2. The molecular weight excluding hydrogens is 166 g/mol. The number of nitrogens with one attached hydrogen (secondary N) is 2. The summed E-state index contributed by atoms with van der Waals surface area (Å²) in [7, 11) is 0. The number of urea groups is 1. The first-order valence-electron chi connectivity index (χ1n) is 4.45. The van der Waals surface area contributed by atoms with Crippen molar-refractivity contribution in [3.63, 3.8) is 0 Å². The Morgan fingerprint density at radius 3 is 2.00 bits per heavy atom. The zero-order valence-electron chi connectivity index (χ0n) is 9.19. The van der Waals surface area contributed by atoms with Gasteiger partial charge in [0.15, 0.2) is 0 Å². The van der Waals surface area contributed by atoms with Gasteiger partial charge >= 0.3 is 6.03 Å². The SMILES string of the molecule is CC(C)(C)C(C)(C)CNC(=O)NN. The van der Waals surface area contributed by atoms with E-state index in [1.165, 1.54) is 0 Å². The van der Waals surface area contributed by atoms with Crippen LogP contribution in [-0.2, 0) is 0 Å². The van der Waals surface area contributed by atoms with Crippen LogP contribution in [0.1, 0.15) is 34.6 Å². The number of hydrogen-bond acceptors (Lipinski definition) is 2. The molecule has 0 bridgehead atoms. The lowest BCUT2D eigenvalue weighted by Crippen LogP contribution is -2.47. The predicted octanol–water partition coefficient (Wildman–Crippen LogP) is 1.23. The van der Waals surface area contributed by atoms with Crippen molar-refractivity contribution in [2.75, 3.05) is 6.54 Å². The van der Waals surface area contributed by atoms with Crippen LogP contribution in [0, 0.1) is 10.8 Å². The lowest BCUT2D eigenvalue weighted by Gasteiger charge is -2.38. The van der Waals surface area contributed by atoms with Gasteiger partial charge in [-0.3, -0.25) is 5.43 Å². The number of amides is 2. The molecule has 0 aliphatic rings. The van der Waals surface area contributed by atoms with Crippen molar-refractivity contribution in [3.05, 3.63) is 0 Å².